The van der Waals surface area contributed by atoms with Gasteiger partial charge in [-0.3, -0.25) is 0 Å². The van der Waals surface area contributed by atoms with Crippen LogP contribution in [0.5, 0.6) is 0 Å². The maximum atomic E-state index is 13.4. The number of aromatic nitrogens is 1. The molecule has 0 spiro atoms. The zero-order valence-corrected chi connectivity index (χ0v) is 11.9. The first kappa shape index (κ1) is 12.7. The van der Waals surface area contributed by atoms with Gasteiger partial charge in [0.2, 0.25) is 0 Å². The Bertz CT molecular complexity index is 534. The monoisotopic (exact) mass is 314 g/mol. The van der Waals surface area contributed by atoms with Crippen LogP contribution in [-0.4, -0.2) is 4.98 Å². The van der Waals surface area contributed by atoms with Gasteiger partial charge in [0, 0.05) is 4.88 Å². The summed E-state index contributed by atoms with van der Waals surface area (Å²) in [6, 6.07) is 4.55. The average molecular weight is 315 g/mol. The van der Waals surface area contributed by atoms with Gasteiger partial charge < -0.3 is 5.73 Å². The van der Waals surface area contributed by atoms with Crippen molar-refractivity contribution in [3.63, 3.8) is 0 Å². The number of nitrogens with zero attached hydrogens (tertiary/aromatic N) is 1. The van der Waals surface area contributed by atoms with Crippen molar-refractivity contribution in [2.24, 2.45) is 5.73 Å². The summed E-state index contributed by atoms with van der Waals surface area (Å²) in [5.41, 5.74) is 7.80. The van der Waals surface area contributed by atoms with Crippen molar-refractivity contribution >= 4 is 27.3 Å². The van der Waals surface area contributed by atoms with Gasteiger partial charge in [-0.1, -0.05) is 6.07 Å². The molecule has 17 heavy (non-hydrogen) atoms. The molecule has 0 saturated carbocycles. The van der Waals surface area contributed by atoms with Crippen LogP contribution < -0.4 is 5.73 Å². The Hall–Kier alpha value is -0.780. The van der Waals surface area contributed by atoms with Crippen molar-refractivity contribution in [3.8, 4) is 0 Å². The van der Waals surface area contributed by atoms with E-state index in [2.05, 4.69) is 20.9 Å². The standard InChI is InChI=1S/C12H12BrFN2S/c1-6-7(2)17-12(16-6)11(15)8-3-4-9(13)10(14)5-8/h3-5,11H,15H2,1-2H3. The summed E-state index contributed by atoms with van der Waals surface area (Å²) in [7, 11) is 0. The fraction of sp³-hybridized carbons (Fsp3) is 0.250. The van der Waals surface area contributed by atoms with Crippen molar-refractivity contribution in [2.45, 2.75) is 19.9 Å². The lowest BCUT2D eigenvalue weighted by Crippen LogP contribution is -2.11. The second-order valence-corrected chi connectivity index (χ2v) is 5.93. The highest BCUT2D eigenvalue weighted by Gasteiger charge is 2.15. The van der Waals surface area contributed by atoms with Crippen LogP contribution >= 0.6 is 27.3 Å². The third kappa shape index (κ3) is 2.56. The predicted molar refractivity (Wildman–Crippen MR) is 71.7 cm³/mol. The van der Waals surface area contributed by atoms with E-state index in [1.54, 1.807) is 17.4 Å². The molecule has 0 aliphatic heterocycles. The molecule has 1 heterocycles. The van der Waals surface area contributed by atoms with E-state index in [4.69, 9.17) is 5.73 Å². The number of nitrogens with two attached hydrogens (primary N) is 1. The second kappa shape index (κ2) is 4.84. The summed E-state index contributed by atoms with van der Waals surface area (Å²) < 4.78 is 13.9. The van der Waals surface area contributed by atoms with Crippen LogP contribution in [0.2, 0.25) is 0 Å². The van der Waals surface area contributed by atoms with Gasteiger partial charge in [-0.25, -0.2) is 9.37 Å². The number of aryl methyl sites for hydroxylation is 2. The molecule has 0 bridgehead atoms. The van der Waals surface area contributed by atoms with E-state index in [1.165, 1.54) is 6.07 Å². The molecule has 0 aliphatic rings. The maximum absolute atomic E-state index is 13.4. The zero-order valence-electron chi connectivity index (χ0n) is 9.50. The van der Waals surface area contributed by atoms with Gasteiger partial charge in [0.15, 0.2) is 0 Å². The normalized spacial score (nSPS) is 12.8. The van der Waals surface area contributed by atoms with E-state index >= 15 is 0 Å². The highest BCUT2D eigenvalue weighted by Crippen LogP contribution is 2.27. The smallest absolute Gasteiger partial charge is 0.137 e. The molecular formula is C12H12BrFN2S. The van der Waals surface area contributed by atoms with Crippen LogP contribution in [0.3, 0.4) is 0 Å². The Morgan fingerprint density at radius 1 is 1.41 bits per heavy atom. The fourth-order valence-corrected chi connectivity index (χ4v) is 2.68. The molecular weight excluding hydrogens is 303 g/mol. The van der Waals surface area contributed by atoms with E-state index in [1.807, 2.05) is 19.9 Å². The second-order valence-electron chi connectivity index (χ2n) is 3.84. The van der Waals surface area contributed by atoms with Crippen molar-refractivity contribution in [3.05, 3.63) is 49.6 Å². The first-order chi connectivity index (χ1) is 7.99. The first-order valence-corrected chi connectivity index (χ1v) is 6.74. The summed E-state index contributed by atoms with van der Waals surface area (Å²) in [6.45, 7) is 3.95. The molecule has 0 amide bonds. The van der Waals surface area contributed by atoms with E-state index in [9.17, 15) is 4.39 Å². The van der Waals surface area contributed by atoms with Gasteiger partial charge >= 0.3 is 0 Å². The van der Waals surface area contributed by atoms with Gasteiger partial charge in [-0.05, 0) is 47.5 Å². The van der Waals surface area contributed by atoms with Gasteiger partial charge in [0.25, 0.3) is 0 Å². The number of thiazole rings is 1. The predicted octanol–water partition coefficient (Wildman–Crippen LogP) is 3.71. The number of benzene rings is 1. The molecule has 5 heteroatoms. The number of hydrogen-bond acceptors (Lipinski definition) is 3. The quantitative estimate of drug-likeness (QED) is 0.917. The molecule has 2 rings (SSSR count). The third-order valence-electron chi connectivity index (χ3n) is 2.61. The van der Waals surface area contributed by atoms with E-state index in [0.29, 0.717) is 4.47 Å². The Morgan fingerprint density at radius 3 is 2.65 bits per heavy atom. The molecule has 2 N–H and O–H groups in total. The fourth-order valence-electron chi connectivity index (χ4n) is 1.48. The number of hydrogen-bond donors (Lipinski definition) is 1. The van der Waals surface area contributed by atoms with Gasteiger partial charge in [0.05, 0.1) is 16.2 Å². The summed E-state index contributed by atoms with van der Waals surface area (Å²) in [6.07, 6.45) is 0. The lowest BCUT2D eigenvalue weighted by molar-refractivity contribution is 0.617. The lowest BCUT2D eigenvalue weighted by Gasteiger charge is -2.09. The molecule has 2 nitrogen and oxygen atoms in total. The minimum absolute atomic E-state index is 0.303. The molecule has 1 aromatic heterocycles. The number of rotatable bonds is 2. The van der Waals surface area contributed by atoms with Crippen LogP contribution in [0.1, 0.15) is 27.2 Å². The van der Waals surface area contributed by atoms with Crippen LogP contribution in [0.15, 0.2) is 22.7 Å². The molecule has 1 unspecified atom stereocenters. The largest absolute Gasteiger partial charge is 0.318 e. The van der Waals surface area contributed by atoms with E-state index < -0.39 is 0 Å². The van der Waals surface area contributed by atoms with E-state index in [-0.39, 0.29) is 11.9 Å². The highest BCUT2D eigenvalue weighted by atomic mass is 79.9. The van der Waals surface area contributed by atoms with Crippen LogP contribution in [0.4, 0.5) is 4.39 Å². The Morgan fingerprint density at radius 2 is 2.12 bits per heavy atom. The summed E-state index contributed by atoms with van der Waals surface area (Å²) in [5.74, 6) is -0.303. The first-order valence-electron chi connectivity index (χ1n) is 5.13. The van der Waals surface area contributed by atoms with Crippen LogP contribution in [0, 0.1) is 19.7 Å². The van der Waals surface area contributed by atoms with Crippen LogP contribution in [-0.2, 0) is 0 Å². The molecule has 0 radical (unpaired) electrons. The molecule has 2 aromatic rings. The molecule has 0 saturated heterocycles. The third-order valence-corrected chi connectivity index (χ3v) is 4.41. The Balaban J connectivity index is 2.36. The SMILES string of the molecule is Cc1nc(C(N)c2ccc(Br)c(F)c2)sc1C. The van der Waals surface area contributed by atoms with Crippen molar-refractivity contribution < 1.29 is 4.39 Å². The zero-order chi connectivity index (χ0) is 12.6. The summed E-state index contributed by atoms with van der Waals surface area (Å²) >= 11 is 4.68. The van der Waals surface area contributed by atoms with Gasteiger partial charge in [-0.15, -0.1) is 11.3 Å². The molecule has 0 aliphatic carbocycles. The van der Waals surface area contributed by atoms with Crippen LogP contribution in [0.25, 0.3) is 0 Å². The average Bonchev–Trinajstić information content (AvgIpc) is 2.62. The number of halogens is 2. The summed E-state index contributed by atoms with van der Waals surface area (Å²) in [5, 5.41) is 0.821. The van der Waals surface area contributed by atoms with Gasteiger partial charge in [0.1, 0.15) is 10.8 Å². The van der Waals surface area contributed by atoms with Crippen molar-refractivity contribution in [1.82, 2.24) is 4.98 Å². The Labute approximate surface area is 112 Å². The minimum Gasteiger partial charge on any atom is -0.318 e. The molecule has 1 atom stereocenters. The molecule has 0 fully saturated rings. The van der Waals surface area contributed by atoms with Crippen molar-refractivity contribution in [2.75, 3.05) is 0 Å². The lowest BCUT2D eigenvalue weighted by atomic mass is 10.1. The minimum atomic E-state index is -0.366. The molecule has 90 valence electrons. The Kier molecular flexibility index (Phi) is 3.61. The van der Waals surface area contributed by atoms with Gasteiger partial charge in [-0.2, -0.15) is 0 Å². The maximum Gasteiger partial charge on any atom is 0.137 e. The summed E-state index contributed by atoms with van der Waals surface area (Å²) in [4.78, 5) is 5.54. The highest BCUT2D eigenvalue weighted by molar-refractivity contribution is 9.10. The van der Waals surface area contributed by atoms with Crippen molar-refractivity contribution in [1.29, 1.82) is 0 Å². The van der Waals surface area contributed by atoms with E-state index in [0.717, 1.165) is 21.1 Å². The molecule has 1 aromatic carbocycles. The topological polar surface area (TPSA) is 38.9 Å².